The SMILES string of the molecule is COc1ccc(N(Cc2ccccc2)C(=O)O)o1. The number of ether oxygens (including phenoxy) is 1. The van der Waals surface area contributed by atoms with Crippen molar-refractivity contribution in [1.29, 1.82) is 0 Å². The molecule has 94 valence electrons. The zero-order chi connectivity index (χ0) is 13.0. The zero-order valence-corrected chi connectivity index (χ0v) is 9.87. The predicted molar refractivity (Wildman–Crippen MR) is 65.9 cm³/mol. The minimum Gasteiger partial charge on any atom is -0.468 e. The normalized spacial score (nSPS) is 10.1. The number of carbonyl (C=O) groups is 1. The third-order valence-corrected chi connectivity index (χ3v) is 2.45. The first kappa shape index (κ1) is 12.0. The smallest absolute Gasteiger partial charge is 0.414 e. The highest BCUT2D eigenvalue weighted by molar-refractivity contribution is 5.84. The van der Waals surface area contributed by atoms with Crippen LogP contribution in [0.15, 0.2) is 46.9 Å². The highest BCUT2D eigenvalue weighted by Crippen LogP contribution is 2.25. The number of hydrogen-bond acceptors (Lipinski definition) is 3. The third-order valence-electron chi connectivity index (χ3n) is 2.45. The molecule has 0 aliphatic rings. The molecule has 0 unspecified atom stereocenters. The Hall–Kier alpha value is -2.43. The van der Waals surface area contributed by atoms with Crippen molar-refractivity contribution in [1.82, 2.24) is 0 Å². The molecule has 1 N–H and O–H groups in total. The van der Waals surface area contributed by atoms with Crippen LogP contribution in [0.25, 0.3) is 0 Å². The number of amides is 1. The van der Waals surface area contributed by atoms with Gasteiger partial charge < -0.3 is 14.3 Å². The molecule has 5 heteroatoms. The van der Waals surface area contributed by atoms with Crippen molar-refractivity contribution in [3.05, 3.63) is 48.0 Å². The maximum Gasteiger partial charge on any atom is 0.414 e. The van der Waals surface area contributed by atoms with Gasteiger partial charge in [0.25, 0.3) is 5.95 Å². The highest BCUT2D eigenvalue weighted by Gasteiger charge is 2.18. The highest BCUT2D eigenvalue weighted by atomic mass is 16.6. The molecule has 0 fully saturated rings. The van der Waals surface area contributed by atoms with Crippen LogP contribution in [-0.4, -0.2) is 18.3 Å². The molecule has 0 aliphatic carbocycles. The topological polar surface area (TPSA) is 62.9 Å². The summed E-state index contributed by atoms with van der Waals surface area (Å²) in [6.45, 7) is 0.229. The lowest BCUT2D eigenvalue weighted by Crippen LogP contribution is -2.28. The maximum atomic E-state index is 11.2. The summed E-state index contributed by atoms with van der Waals surface area (Å²) in [5, 5.41) is 9.20. The van der Waals surface area contributed by atoms with E-state index >= 15 is 0 Å². The van der Waals surface area contributed by atoms with Crippen LogP contribution in [0.3, 0.4) is 0 Å². The van der Waals surface area contributed by atoms with Crippen molar-refractivity contribution in [2.45, 2.75) is 6.54 Å². The molecule has 5 nitrogen and oxygen atoms in total. The van der Waals surface area contributed by atoms with Gasteiger partial charge in [0.2, 0.25) is 5.88 Å². The number of nitrogens with zero attached hydrogens (tertiary/aromatic N) is 1. The van der Waals surface area contributed by atoms with E-state index in [1.165, 1.54) is 7.11 Å². The number of anilines is 1. The summed E-state index contributed by atoms with van der Waals surface area (Å²) in [5.74, 6) is 0.521. The zero-order valence-electron chi connectivity index (χ0n) is 9.87. The average molecular weight is 247 g/mol. The van der Waals surface area contributed by atoms with Gasteiger partial charge in [0, 0.05) is 12.1 Å². The molecule has 0 saturated carbocycles. The Balaban J connectivity index is 2.21. The molecule has 0 atom stereocenters. The molecule has 2 aromatic rings. The van der Waals surface area contributed by atoms with E-state index in [9.17, 15) is 9.90 Å². The van der Waals surface area contributed by atoms with E-state index in [0.29, 0.717) is 0 Å². The van der Waals surface area contributed by atoms with Crippen LogP contribution < -0.4 is 9.64 Å². The van der Waals surface area contributed by atoms with Gasteiger partial charge in [-0.1, -0.05) is 30.3 Å². The van der Waals surface area contributed by atoms with Gasteiger partial charge in [-0.2, -0.15) is 0 Å². The molecule has 0 bridgehead atoms. The number of rotatable bonds is 4. The van der Waals surface area contributed by atoms with Gasteiger partial charge in [-0.15, -0.1) is 0 Å². The molecule has 1 amide bonds. The van der Waals surface area contributed by atoms with Crippen LogP contribution in [0.5, 0.6) is 5.95 Å². The van der Waals surface area contributed by atoms with Crippen molar-refractivity contribution in [2.24, 2.45) is 0 Å². The molecule has 18 heavy (non-hydrogen) atoms. The fourth-order valence-electron chi connectivity index (χ4n) is 1.57. The van der Waals surface area contributed by atoms with Crippen molar-refractivity contribution < 1.29 is 19.1 Å². The quantitative estimate of drug-likeness (QED) is 0.902. The first-order valence-electron chi connectivity index (χ1n) is 5.39. The van der Waals surface area contributed by atoms with Crippen LogP contribution >= 0.6 is 0 Å². The van der Waals surface area contributed by atoms with Crippen molar-refractivity contribution >= 4 is 12.0 Å². The van der Waals surface area contributed by atoms with E-state index in [4.69, 9.17) is 9.15 Å². The Labute approximate surface area is 104 Å². The minimum absolute atomic E-state index is 0.229. The molecule has 1 aromatic heterocycles. The summed E-state index contributed by atoms with van der Waals surface area (Å²) in [6.07, 6.45) is -1.07. The number of methoxy groups -OCH3 is 1. The fourth-order valence-corrected chi connectivity index (χ4v) is 1.57. The lowest BCUT2D eigenvalue weighted by atomic mass is 10.2. The van der Waals surface area contributed by atoms with Gasteiger partial charge in [-0.3, -0.25) is 0 Å². The van der Waals surface area contributed by atoms with Crippen LogP contribution in [0, 0.1) is 0 Å². The van der Waals surface area contributed by atoms with Crippen LogP contribution in [0.4, 0.5) is 10.7 Å². The Morgan fingerprint density at radius 2 is 2.00 bits per heavy atom. The van der Waals surface area contributed by atoms with Crippen molar-refractivity contribution in [3.8, 4) is 5.95 Å². The van der Waals surface area contributed by atoms with Crippen LogP contribution in [-0.2, 0) is 6.54 Å². The predicted octanol–water partition coefficient (Wildman–Crippen LogP) is 2.97. The van der Waals surface area contributed by atoms with Crippen molar-refractivity contribution in [3.63, 3.8) is 0 Å². The van der Waals surface area contributed by atoms with Gasteiger partial charge in [0.05, 0.1) is 13.7 Å². The third kappa shape index (κ3) is 2.63. The standard InChI is InChI=1S/C13H13NO4/c1-17-12-8-7-11(18-12)14(13(15)16)9-10-5-3-2-4-6-10/h2-8H,9H2,1H3,(H,15,16). The summed E-state index contributed by atoms with van der Waals surface area (Å²) in [5.41, 5.74) is 0.885. The Kier molecular flexibility index (Phi) is 3.52. The first-order chi connectivity index (χ1) is 8.70. The number of benzene rings is 1. The summed E-state index contributed by atoms with van der Waals surface area (Å²) < 4.78 is 10.1. The molecule has 0 aliphatic heterocycles. The largest absolute Gasteiger partial charge is 0.468 e. The summed E-state index contributed by atoms with van der Waals surface area (Å²) in [6, 6.07) is 12.5. The van der Waals surface area contributed by atoms with Crippen molar-refractivity contribution in [2.75, 3.05) is 12.0 Å². The molecule has 0 spiro atoms. The summed E-state index contributed by atoms with van der Waals surface area (Å²) >= 11 is 0. The van der Waals surface area contributed by atoms with E-state index in [1.807, 2.05) is 30.3 Å². The lowest BCUT2D eigenvalue weighted by Gasteiger charge is -2.15. The average Bonchev–Trinajstić information content (AvgIpc) is 2.85. The first-order valence-corrected chi connectivity index (χ1v) is 5.39. The van der Waals surface area contributed by atoms with E-state index in [0.717, 1.165) is 10.5 Å². The molecular weight excluding hydrogens is 234 g/mol. The van der Waals surface area contributed by atoms with E-state index in [-0.39, 0.29) is 18.4 Å². The number of hydrogen-bond donors (Lipinski definition) is 1. The van der Waals surface area contributed by atoms with Gasteiger partial charge in [-0.05, 0) is 5.56 Å². The fraction of sp³-hybridized carbons (Fsp3) is 0.154. The molecule has 0 saturated heterocycles. The van der Waals surface area contributed by atoms with Gasteiger partial charge in [-0.25, -0.2) is 9.69 Å². The molecular formula is C13H13NO4. The molecule has 1 heterocycles. The van der Waals surface area contributed by atoms with Crippen LogP contribution in [0.1, 0.15) is 5.56 Å². The molecule has 1 aromatic carbocycles. The van der Waals surface area contributed by atoms with Gasteiger partial charge in [0.1, 0.15) is 0 Å². The van der Waals surface area contributed by atoms with E-state index < -0.39 is 6.09 Å². The molecule has 0 radical (unpaired) electrons. The van der Waals surface area contributed by atoms with Gasteiger partial charge in [0.15, 0.2) is 0 Å². The second kappa shape index (κ2) is 5.27. The van der Waals surface area contributed by atoms with Gasteiger partial charge >= 0.3 is 6.09 Å². The van der Waals surface area contributed by atoms with E-state index in [1.54, 1.807) is 12.1 Å². The summed E-state index contributed by atoms with van der Waals surface area (Å²) in [4.78, 5) is 12.3. The Morgan fingerprint density at radius 3 is 2.56 bits per heavy atom. The lowest BCUT2D eigenvalue weighted by molar-refractivity contribution is 0.199. The Bertz CT molecular complexity index is 521. The van der Waals surface area contributed by atoms with E-state index in [2.05, 4.69) is 0 Å². The molecule has 2 rings (SSSR count). The second-order valence-electron chi connectivity index (χ2n) is 3.65. The number of furan rings is 1. The Morgan fingerprint density at radius 1 is 1.28 bits per heavy atom. The second-order valence-corrected chi connectivity index (χ2v) is 3.65. The minimum atomic E-state index is -1.07. The summed E-state index contributed by atoms with van der Waals surface area (Å²) in [7, 11) is 1.46. The van der Waals surface area contributed by atoms with Crippen LogP contribution in [0.2, 0.25) is 0 Å². The maximum absolute atomic E-state index is 11.2. The monoisotopic (exact) mass is 247 g/mol. The number of carboxylic acid groups (broad SMARTS) is 1.